The second-order valence-corrected chi connectivity index (χ2v) is 8.80. The van der Waals surface area contributed by atoms with Crippen LogP contribution in [0.15, 0.2) is 75.2 Å². The minimum atomic E-state index is -0.737. The molecule has 0 saturated carbocycles. The van der Waals surface area contributed by atoms with Crippen LogP contribution in [0.1, 0.15) is 11.1 Å². The topological polar surface area (TPSA) is 105 Å². The number of hydrogen-bond acceptors (Lipinski definition) is 5. The van der Waals surface area contributed by atoms with Crippen LogP contribution in [0.4, 0.5) is 11.4 Å². The Kier molecular flexibility index (Phi) is 8.22. The first-order valence-corrected chi connectivity index (χ1v) is 11.3. The molecule has 1 amide bonds. The lowest BCUT2D eigenvalue weighted by Gasteiger charge is -2.13. The average molecular weight is 592 g/mol. The molecule has 7 nitrogen and oxygen atoms in total. The Balaban J connectivity index is 1.90. The number of nitrogens with zero attached hydrogens (tertiary/aromatic N) is 2. The average Bonchev–Trinajstić information content (AvgIpc) is 2.78. The second kappa shape index (κ2) is 11.1. The van der Waals surface area contributed by atoms with Gasteiger partial charge in [0.2, 0.25) is 0 Å². The normalized spacial score (nSPS) is 10.9. The number of nitriles is 1. The summed E-state index contributed by atoms with van der Waals surface area (Å²) in [5.41, 5.74) is 0.991. The SMILES string of the molecule is N#C/C(=C\c1cc(Br)cc(Br)c1OCc1ccccc1)C(=O)Nc1ccc(Cl)c([N+](=O)[O-])c1. The van der Waals surface area contributed by atoms with Crippen LogP contribution >= 0.6 is 43.5 Å². The van der Waals surface area contributed by atoms with Crippen molar-refractivity contribution in [1.29, 1.82) is 5.26 Å². The second-order valence-electron chi connectivity index (χ2n) is 6.63. The first-order valence-electron chi connectivity index (χ1n) is 9.31. The molecule has 10 heteroatoms. The zero-order chi connectivity index (χ0) is 24.0. The number of benzene rings is 3. The summed E-state index contributed by atoms with van der Waals surface area (Å²) in [6, 6.07) is 18.7. The van der Waals surface area contributed by atoms with Gasteiger partial charge >= 0.3 is 0 Å². The maximum atomic E-state index is 12.7. The van der Waals surface area contributed by atoms with E-state index in [-0.39, 0.29) is 28.6 Å². The molecule has 0 fully saturated rings. The monoisotopic (exact) mass is 589 g/mol. The van der Waals surface area contributed by atoms with Crippen molar-refractivity contribution in [2.24, 2.45) is 0 Å². The fraction of sp³-hybridized carbons (Fsp3) is 0.0435. The van der Waals surface area contributed by atoms with E-state index >= 15 is 0 Å². The summed E-state index contributed by atoms with van der Waals surface area (Å²) in [5.74, 6) is -0.288. The van der Waals surface area contributed by atoms with Gasteiger partial charge in [-0.05, 0) is 51.8 Å². The van der Waals surface area contributed by atoms with Gasteiger partial charge in [0.25, 0.3) is 11.6 Å². The van der Waals surface area contributed by atoms with Crippen molar-refractivity contribution in [3.8, 4) is 11.8 Å². The Morgan fingerprint density at radius 2 is 1.91 bits per heavy atom. The first-order chi connectivity index (χ1) is 15.8. The summed E-state index contributed by atoms with van der Waals surface area (Å²) < 4.78 is 7.30. The molecule has 0 atom stereocenters. The summed E-state index contributed by atoms with van der Waals surface area (Å²) in [6.07, 6.45) is 1.38. The van der Waals surface area contributed by atoms with E-state index < -0.39 is 10.8 Å². The predicted octanol–water partition coefficient (Wildman–Crippen LogP) is 6.90. The molecule has 3 aromatic rings. The summed E-state index contributed by atoms with van der Waals surface area (Å²) in [7, 11) is 0. The fourth-order valence-corrected chi connectivity index (χ4v) is 4.36. The standard InChI is InChI=1S/C23H14Br2ClN3O4/c24-17-9-15(22(19(25)10-17)33-13-14-4-2-1-3-5-14)8-16(12-27)23(30)28-18-6-7-20(26)21(11-18)29(31)32/h1-11H,13H2,(H,28,30)/b16-8+. The highest BCUT2D eigenvalue weighted by Gasteiger charge is 2.17. The summed E-state index contributed by atoms with van der Waals surface area (Å²) in [5, 5.41) is 23.1. The van der Waals surface area contributed by atoms with Gasteiger partial charge in [-0.2, -0.15) is 5.26 Å². The number of carbonyl (C=O) groups is 1. The lowest BCUT2D eigenvalue weighted by atomic mass is 10.1. The zero-order valence-corrected chi connectivity index (χ0v) is 20.6. The molecule has 0 aromatic heterocycles. The Bertz CT molecular complexity index is 1290. The van der Waals surface area contributed by atoms with Crippen molar-refractivity contribution < 1.29 is 14.5 Å². The van der Waals surface area contributed by atoms with Crippen LogP contribution in [0, 0.1) is 21.4 Å². The fourth-order valence-electron chi connectivity index (χ4n) is 2.80. The minimum Gasteiger partial charge on any atom is -0.487 e. The third-order valence-corrected chi connectivity index (χ3v) is 5.70. The smallest absolute Gasteiger partial charge is 0.289 e. The van der Waals surface area contributed by atoms with E-state index in [0.29, 0.717) is 20.3 Å². The number of hydrogen-bond donors (Lipinski definition) is 1. The Morgan fingerprint density at radius 3 is 2.58 bits per heavy atom. The van der Waals surface area contributed by atoms with Crippen LogP contribution in [0.3, 0.4) is 0 Å². The number of rotatable bonds is 7. The molecule has 0 aliphatic carbocycles. The molecule has 0 spiro atoms. The lowest BCUT2D eigenvalue weighted by Crippen LogP contribution is -2.13. The minimum absolute atomic E-state index is 0.0618. The van der Waals surface area contributed by atoms with Gasteiger partial charge in [-0.15, -0.1) is 0 Å². The van der Waals surface area contributed by atoms with Gasteiger partial charge in [0.15, 0.2) is 0 Å². The van der Waals surface area contributed by atoms with E-state index in [1.165, 1.54) is 18.2 Å². The molecule has 0 aliphatic rings. The van der Waals surface area contributed by atoms with E-state index in [0.717, 1.165) is 11.6 Å². The Morgan fingerprint density at radius 1 is 1.18 bits per heavy atom. The molecule has 3 aromatic carbocycles. The lowest BCUT2D eigenvalue weighted by molar-refractivity contribution is -0.384. The largest absolute Gasteiger partial charge is 0.487 e. The number of nitro benzene ring substituents is 1. The molecule has 0 saturated heterocycles. The van der Waals surface area contributed by atoms with Crippen LogP contribution < -0.4 is 10.1 Å². The van der Waals surface area contributed by atoms with Crippen molar-refractivity contribution in [2.45, 2.75) is 6.61 Å². The highest BCUT2D eigenvalue weighted by Crippen LogP contribution is 2.35. The highest BCUT2D eigenvalue weighted by atomic mass is 79.9. The van der Waals surface area contributed by atoms with Crippen LogP contribution in [0.5, 0.6) is 5.75 Å². The molecule has 0 unspecified atom stereocenters. The van der Waals surface area contributed by atoms with Gasteiger partial charge < -0.3 is 10.1 Å². The van der Waals surface area contributed by atoms with Gasteiger partial charge in [-0.25, -0.2) is 0 Å². The summed E-state index contributed by atoms with van der Waals surface area (Å²) in [4.78, 5) is 23.1. The predicted molar refractivity (Wildman–Crippen MR) is 133 cm³/mol. The summed E-state index contributed by atoms with van der Waals surface area (Å²) in [6.45, 7) is 0.282. The van der Waals surface area contributed by atoms with Gasteiger partial charge in [0.1, 0.15) is 29.0 Å². The van der Waals surface area contributed by atoms with Crippen LogP contribution in [0.25, 0.3) is 6.08 Å². The number of anilines is 1. The van der Waals surface area contributed by atoms with Crippen LogP contribution in [-0.4, -0.2) is 10.8 Å². The third-order valence-electron chi connectivity index (χ3n) is 4.33. The van der Waals surface area contributed by atoms with Crippen molar-refractivity contribution >= 4 is 66.8 Å². The van der Waals surface area contributed by atoms with E-state index in [1.807, 2.05) is 36.4 Å². The van der Waals surface area contributed by atoms with Crippen molar-refractivity contribution in [3.63, 3.8) is 0 Å². The van der Waals surface area contributed by atoms with Crippen molar-refractivity contribution in [2.75, 3.05) is 5.32 Å². The molecule has 3 rings (SSSR count). The van der Waals surface area contributed by atoms with Crippen LogP contribution in [-0.2, 0) is 11.4 Å². The molecule has 0 aliphatic heterocycles. The third kappa shape index (κ3) is 6.42. The van der Waals surface area contributed by atoms with Gasteiger partial charge in [0.05, 0.1) is 9.40 Å². The van der Waals surface area contributed by atoms with E-state index in [2.05, 4.69) is 37.2 Å². The van der Waals surface area contributed by atoms with E-state index in [9.17, 15) is 20.2 Å². The molecular weight excluding hydrogens is 578 g/mol. The van der Waals surface area contributed by atoms with Gasteiger partial charge in [-0.1, -0.05) is 57.9 Å². The molecule has 166 valence electrons. The number of ether oxygens (including phenoxy) is 1. The molecule has 0 heterocycles. The Hall–Kier alpha value is -3.19. The van der Waals surface area contributed by atoms with Gasteiger partial charge in [-0.3, -0.25) is 14.9 Å². The maximum Gasteiger partial charge on any atom is 0.289 e. The highest BCUT2D eigenvalue weighted by molar-refractivity contribution is 9.11. The zero-order valence-electron chi connectivity index (χ0n) is 16.7. The van der Waals surface area contributed by atoms with Crippen LogP contribution in [0.2, 0.25) is 5.02 Å². The number of nitrogens with one attached hydrogen (secondary N) is 1. The number of halogens is 3. The van der Waals surface area contributed by atoms with E-state index in [1.54, 1.807) is 12.1 Å². The first kappa shape index (κ1) is 24.5. The molecule has 33 heavy (non-hydrogen) atoms. The molecular formula is C23H14Br2ClN3O4. The molecule has 0 bridgehead atoms. The number of amides is 1. The van der Waals surface area contributed by atoms with E-state index in [4.69, 9.17) is 16.3 Å². The molecule has 0 radical (unpaired) electrons. The number of carbonyl (C=O) groups excluding carboxylic acids is 1. The van der Waals surface area contributed by atoms with Gasteiger partial charge in [0, 0.05) is 21.8 Å². The maximum absolute atomic E-state index is 12.7. The van der Waals surface area contributed by atoms with Crippen molar-refractivity contribution in [1.82, 2.24) is 0 Å². The Labute approximate surface area is 211 Å². The molecule has 1 N–H and O–H groups in total. The summed E-state index contributed by atoms with van der Waals surface area (Å²) >= 11 is 12.7. The van der Waals surface area contributed by atoms with Crippen molar-refractivity contribution in [3.05, 3.63) is 101 Å². The quantitative estimate of drug-likeness (QED) is 0.139. The number of nitro groups is 1.